The molecule has 2 heterocycles. The maximum absolute atomic E-state index is 14.3. The van der Waals surface area contributed by atoms with Crippen LogP contribution in [-0.2, 0) is 61.3 Å². The predicted octanol–water partition coefficient (Wildman–Crippen LogP) is 12.7. The largest absolute Gasteiger partial charge is 0.494 e. The molecule has 0 bridgehead atoms. The third kappa shape index (κ3) is 19.5. The number of hydrogen-bond donors (Lipinski definition) is 3. The van der Waals surface area contributed by atoms with Crippen molar-refractivity contribution in [2.24, 2.45) is 0 Å². The molecule has 20 nitrogen and oxygen atoms in total. The van der Waals surface area contributed by atoms with E-state index in [9.17, 15) is 34.5 Å². The van der Waals surface area contributed by atoms with E-state index in [1.165, 1.54) is 14.2 Å². The summed E-state index contributed by atoms with van der Waals surface area (Å²) in [5.74, 6) is 2.66. The van der Waals surface area contributed by atoms with Crippen molar-refractivity contribution in [1.29, 1.82) is 0 Å². The zero-order valence-electron chi connectivity index (χ0n) is 58.4. The van der Waals surface area contributed by atoms with E-state index in [1.54, 1.807) is 75.7 Å². The van der Waals surface area contributed by atoms with Crippen molar-refractivity contribution in [2.45, 2.75) is 167 Å². The topological polar surface area (TPSA) is 237 Å². The number of benzene rings is 6. The van der Waals surface area contributed by atoms with Gasteiger partial charge in [-0.15, -0.1) is 0 Å². The lowest BCUT2D eigenvalue weighted by Crippen LogP contribution is -2.50. The summed E-state index contributed by atoms with van der Waals surface area (Å²) in [6.45, 7) is 9.19. The number of esters is 2. The molecule has 8 rings (SSSR count). The number of aliphatic hydroxyl groups is 3. The molecule has 0 saturated carbocycles. The summed E-state index contributed by atoms with van der Waals surface area (Å²) in [7, 11) is 10.9. The maximum atomic E-state index is 14.3. The number of carbonyl (C=O) groups is 4. The van der Waals surface area contributed by atoms with E-state index in [0.717, 1.165) is 59.9 Å². The lowest BCUT2D eigenvalue weighted by Gasteiger charge is -2.37. The highest BCUT2D eigenvalue weighted by Gasteiger charge is 2.40. The van der Waals surface area contributed by atoms with E-state index in [-0.39, 0.29) is 31.6 Å². The van der Waals surface area contributed by atoms with Crippen LogP contribution in [0.5, 0.6) is 51.7 Å². The average Bonchev–Trinajstić information content (AvgIpc) is 0.824. The van der Waals surface area contributed by atoms with Gasteiger partial charge in [-0.2, -0.15) is 0 Å². The van der Waals surface area contributed by atoms with Gasteiger partial charge in [0.05, 0.1) is 94.6 Å². The standard InChI is InChI=1S/C39H51NO9.C38H49NO9/c1-5-18-48-32-11-9-10-27(21-32)35(16-14-26-13-15-28(23-41)30(19-26)24-42)49-39(45)34-12-7-8-17-40(34)38(44)33(6-2)29-20-31(25-43)37(47-4)36(22-29)46-3;1-8-29(27-23-34(44-5)36(46-7)35(24-27)45-6)37(40)39-20-11-10-15-30(39)38(41)48-31(26-13-12-14-28(22-26)47-9-2)18-16-25-17-19-32(42-3)33(21-25)43-4/h9-11,13,15,19-22,33-35,41-43H,5-8,12,14,16-18,23-25H2,1-4H3;12-14,17,19,21-24,29-31H,8-11,15-16,18,20H2,1-7H3. The number of carbonyl (C=O) groups excluding carboxylic acids is 4. The normalized spacial score (nSPS) is 15.6. The van der Waals surface area contributed by atoms with Crippen LogP contribution in [0.1, 0.15) is 172 Å². The molecular weight excluding hydrogens is 1240 g/mol. The summed E-state index contributed by atoms with van der Waals surface area (Å²) in [6, 6.07) is 32.3. The van der Waals surface area contributed by atoms with Gasteiger partial charge >= 0.3 is 11.9 Å². The number of amides is 2. The van der Waals surface area contributed by atoms with E-state index in [0.29, 0.717) is 152 Å². The Hall–Kier alpha value is -8.72. The summed E-state index contributed by atoms with van der Waals surface area (Å²) in [6.07, 6.45) is 7.02. The molecule has 0 radical (unpaired) electrons. The predicted molar refractivity (Wildman–Crippen MR) is 368 cm³/mol. The quantitative estimate of drug-likeness (QED) is 0.0325. The van der Waals surface area contributed by atoms with Gasteiger partial charge in [0, 0.05) is 18.7 Å². The monoisotopic (exact) mass is 1340 g/mol. The molecule has 2 amide bonds. The van der Waals surface area contributed by atoms with Crippen LogP contribution in [0, 0.1) is 0 Å². The molecule has 97 heavy (non-hydrogen) atoms. The number of hydrogen-bond acceptors (Lipinski definition) is 18. The Balaban J connectivity index is 0.000000273. The van der Waals surface area contributed by atoms with E-state index < -0.39 is 48.1 Å². The Morgan fingerprint density at radius 3 is 1.37 bits per heavy atom. The van der Waals surface area contributed by atoms with Gasteiger partial charge in [-0.25, -0.2) is 9.59 Å². The smallest absolute Gasteiger partial charge is 0.329 e. The van der Waals surface area contributed by atoms with Crippen LogP contribution in [-0.4, -0.2) is 137 Å². The van der Waals surface area contributed by atoms with Crippen LogP contribution in [0.2, 0.25) is 0 Å². The summed E-state index contributed by atoms with van der Waals surface area (Å²) >= 11 is 0. The van der Waals surface area contributed by atoms with Gasteiger partial charge in [0.25, 0.3) is 0 Å². The molecule has 2 aliphatic heterocycles. The number of aryl methyl sites for hydroxylation is 2. The number of piperidine rings is 2. The molecule has 2 fully saturated rings. The molecule has 6 atom stereocenters. The Morgan fingerprint density at radius 2 is 0.918 bits per heavy atom. The summed E-state index contributed by atoms with van der Waals surface area (Å²) < 4.78 is 62.8. The fraction of sp³-hybridized carbons (Fsp3) is 0.481. The first-order valence-corrected chi connectivity index (χ1v) is 33.8. The van der Waals surface area contributed by atoms with Gasteiger partial charge in [-0.05, 0) is 196 Å². The van der Waals surface area contributed by atoms with Crippen molar-refractivity contribution in [1.82, 2.24) is 9.80 Å². The Labute approximate surface area is 571 Å². The molecule has 0 spiro atoms. The number of nitrogens with zero attached hydrogens (tertiary/aromatic N) is 2. The third-order valence-corrected chi connectivity index (χ3v) is 18.0. The number of methoxy groups -OCH3 is 7. The zero-order chi connectivity index (χ0) is 70.0. The van der Waals surface area contributed by atoms with Crippen LogP contribution in [0.3, 0.4) is 0 Å². The van der Waals surface area contributed by atoms with Gasteiger partial charge < -0.3 is 77.2 Å². The Bertz CT molecular complexity index is 3470. The Kier molecular flexibility index (Phi) is 29.9. The van der Waals surface area contributed by atoms with Crippen LogP contribution < -0.4 is 42.6 Å². The number of aliphatic hydroxyl groups excluding tert-OH is 3. The van der Waals surface area contributed by atoms with Crippen molar-refractivity contribution in [2.75, 3.05) is 76.1 Å². The molecule has 2 saturated heterocycles. The average molecular weight is 1340 g/mol. The van der Waals surface area contributed by atoms with Crippen LogP contribution in [0.4, 0.5) is 0 Å². The first-order chi connectivity index (χ1) is 47.1. The maximum Gasteiger partial charge on any atom is 0.329 e. The molecule has 0 aromatic heterocycles. The number of rotatable bonds is 33. The summed E-state index contributed by atoms with van der Waals surface area (Å²) in [5.41, 5.74) is 6.83. The van der Waals surface area contributed by atoms with Crippen molar-refractivity contribution in [3.63, 3.8) is 0 Å². The zero-order valence-corrected chi connectivity index (χ0v) is 58.4. The molecule has 3 N–H and O–H groups in total. The Morgan fingerprint density at radius 1 is 0.454 bits per heavy atom. The van der Waals surface area contributed by atoms with Crippen molar-refractivity contribution in [3.8, 4) is 51.7 Å². The first-order valence-electron chi connectivity index (χ1n) is 33.8. The fourth-order valence-electron chi connectivity index (χ4n) is 12.9. The van der Waals surface area contributed by atoms with E-state index in [2.05, 4.69) is 0 Å². The molecule has 6 aromatic rings. The van der Waals surface area contributed by atoms with Gasteiger partial charge in [0.15, 0.2) is 34.5 Å². The van der Waals surface area contributed by atoms with Crippen LogP contribution in [0.15, 0.2) is 109 Å². The van der Waals surface area contributed by atoms with Crippen molar-refractivity contribution >= 4 is 23.8 Å². The molecule has 20 heteroatoms. The van der Waals surface area contributed by atoms with Crippen LogP contribution in [0.25, 0.3) is 0 Å². The second-order valence-electron chi connectivity index (χ2n) is 24.0. The lowest BCUT2D eigenvalue weighted by molar-refractivity contribution is -0.162. The highest BCUT2D eigenvalue weighted by Crippen LogP contribution is 2.43. The highest BCUT2D eigenvalue weighted by atomic mass is 16.6. The second-order valence-corrected chi connectivity index (χ2v) is 24.0. The molecule has 6 unspecified atom stereocenters. The molecular formula is C77H100N2O18. The third-order valence-electron chi connectivity index (χ3n) is 18.0. The van der Waals surface area contributed by atoms with Gasteiger partial charge in [0.2, 0.25) is 17.6 Å². The fourth-order valence-corrected chi connectivity index (χ4v) is 12.9. The second kappa shape index (κ2) is 38.3. The van der Waals surface area contributed by atoms with Gasteiger partial charge in [-0.1, -0.05) is 69.3 Å². The van der Waals surface area contributed by atoms with Crippen molar-refractivity contribution in [3.05, 3.63) is 159 Å². The number of likely N-dealkylation sites (tertiary alicyclic amines) is 2. The first kappa shape index (κ1) is 75.7. The lowest BCUT2D eigenvalue weighted by atomic mass is 9.90. The number of ether oxygens (including phenoxy) is 11. The molecule has 2 aliphatic rings. The molecule has 526 valence electrons. The molecule has 6 aromatic carbocycles. The van der Waals surface area contributed by atoms with E-state index >= 15 is 0 Å². The minimum Gasteiger partial charge on any atom is -0.494 e. The van der Waals surface area contributed by atoms with Gasteiger partial charge in [0.1, 0.15) is 35.8 Å². The minimum absolute atomic E-state index is 0.131. The highest BCUT2D eigenvalue weighted by molar-refractivity contribution is 5.90. The summed E-state index contributed by atoms with van der Waals surface area (Å²) in [4.78, 5) is 60.1. The van der Waals surface area contributed by atoms with Crippen LogP contribution >= 0.6 is 0 Å². The van der Waals surface area contributed by atoms with Gasteiger partial charge in [-0.3, -0.25) is 9.59 Å². The van der Waals surface area contributed by atoms with Crippen molar-refractivity contribution < 1.29 is 86.6 Å². The SMILES string of the molecule is CCCOc1cccc(C(CCc2ccc(CO)c(CO)c2)OC(=O)C2CCCCN2C(=O)C(CC)c2cc(CO)c(OC)c(OC)c2)c1.CCOc1cccc(C(CCc2ccc(OC)c(OC)c2)OC(=O)C2CCCCN2C(=O)C(CC)c2cc(OC)c(OC)c(OC)c2)c1. The molecule has 0 aliphatic carbocycles. The van der Waals surface area contributed by atoms with E-state index in [4.69, 9.17) is 52.1 Å². The van der Waals surface area contributed by atoms with E-state index in [1.807, 2.05) is 107 Å². The summed E-state index contributed by atoms with van der Waals surface area (Å²) in [5, 5.41) is 29.5. The minimum atomic E-state index is -0.750.